The van der Waals surface area contributed by atoms with Gasteiger partial charge in [0.15, 0.2) is 5.84 Å². The average Bonchev–Trinajstić information content (AvgIpc) is 2.95. The summed E-state index contributed by atoms with van der Waals surface area (Å²) < 4.78 is 0. The minimum absolute atomic E-state index is 0.0691. The lowest BCUT2D eigenvalue weighted by molar-refractivity contribution is -0.130. The van der Waals surface area contributed by atoms with Gasteiger partial charge in [-0.1, -0.05) is 35.0 Å². The van der Waals surface area contributed by atoms with E-state index >= 15 is 0 Å². The van der Waals surface area contributed by atoms with Crippen molar-refractivity contribution in [3.8, 4) is 0 Å². The molecule has 1 aromatic carbocycles. The van der Waals surface area contributed by atoms with Crippen LogP contribution in [0.4, 0.5) is 0 Å². The standard InChI is InChI=1S/C15H21N3O2/c1-11-4-6-12(7-5-11)8-9-14(19)18-10-2-3-13(18)15(16)17-20/h4-7,13,20H,2-3,8-10H2,1H3,(H2,16,17). The molecule has 0 spiro atoms. The van der Waals surface area contributed by atoms with Gasteiger partial charge in [-0.25, -0.2) is 0 Å². The lowest BCUT2D eigenvalue weighted by Crippen LogP contribution is -2.43. The number of nitrogens with zero attached hydrogens (tertiary/aromatic N) is 2. The van der Waals surface area contributed by atoms with Crippen LogP contribution in [0.3, 0.4) is 0 Å². The second-order valence-electron chi connectivity index (χ2n) is 5.26. The highest BCUT2D eigenvalue weighted by atomic mass is 16.4. The molecule has 1 saturated heterocycles. The largest absolute Gasteiger partial charge is 0.409 e. The number of hydrogen-bond donors (Lipinski definition) is 2. The Balaban J connectivity index is 1.93. The van der Waals surface area contributed by atoms with Crippen LogP contribution >= 0.6 is 0 Å². The van der Waals surface area contributed by atoms with Crippen LogP contribution in [-0.2, 0) is 11.2 Å². The van der Waals surface area contributed by atoms with Crippen molar-refractivity contribution in [2.24, 2.45) is 10.9 Å². The molecule has 3 N–H and O–H groups in total. The normalized spacial score (nSPS) is 19.4. The fraction of sp³-hybridized carbons (Fsp3) is 0.467. The average molecular weight is 275 g/mol. The molecule has 1 amide bonds. The molecule has 0 radical (unpaired) electrons. The number of oxime groups is 1. The number of likely N-dealkylation sites (tertiary alicyclic amines) is 1. The Hall–Kier alpha value is -2.04. The van der Waals surface area contributed by atoms with Crippen molar-refractivity contribution >= 4 is 11.7 Å². The van der Waals surface area contributed by atoms with Crippen LogP contribution in [0, 0.1) is 6.92 Å². The second kappa shape index (κ2) is 6.41. The fourth-order valence-electron chi connectivity index (χ4n) is 2.59. The number of carbonyl (C=O) groups excluding carboxylic acids is 1. The summed E-state index contributed by atoms with van der Waals surface area (Å²) in [5.74, 6) is 0.200. The Kier molecular flexibility index (Phi) is 4.61. The Morgan fingerprint density at radius 2 is 2.15 bits per heavy atom. The van der Waals surface area contributed by atoms with E-state index in [0.717, 1.165) is 24.8 Å². The molecule has 1 aliphatic heterocycles. The van der Waals surface area contributed by atoms with Crippen molar-refractivity contribution in [1.29, 1.82) is 0 Å². The first kappa shape index (κ1) is 14.4. The molecule has 1 fully saturated rings. The van der Waals surface area contributed by atoms with E-state index in [9.17, 15) is 4.79 Å². The quantitative estimate of drug-likeness (QED) is 0.379. The third kappa shape index (κ3) is 3.29. The van der Waals surface area contributed by atoms with Gasteiger partial charge in [-0.2, -0.15) is 0 Å². The van der Waals surface area contributed by atoms with Crippen LogP contribution in [-0.4, -0.2) is 34.4 Å². The Morgan fingerprint density at radius 1 is 1.45 bits per heavy atom. The SMILES string of the molecule is Cc1ccc(CCC(=O)N2CCCC2C(N)=NO)cc1. The van der Waals surface area contributed by atoms with Crippen molar-refractivity contribution in [2.45, 2.75) is 38.6 Å². The van der Waals surface area contributed by atoms with Crippen LogP contribution in [0.2, 0.25) is 0 Å². The van der Waals surface area contributed by atoms with Crippen molar-refractivity contribution in [2.75, 3.05) is 6.54 Å². The van der Waals surface area contributed by atoms with Crippen LogP contribution in [0.25, 0.3) is 0 Å². The van der Waals surface area contributed by atoms with Gasteiger partial charge in [-0.3, -0.25) is 4.79 Å². The number of carbonyl (C=O) groups is 1. The van der Waals surface area contributed by atoms with Gasteiger partial charge in [0.1, 0.15) is 0 Å². The zero-order valence-electron chi connectivity index (χ0n) is 11.7. The van der Waals surface area contributed by atoms with Crippen molar-refractivity contribution in [3.63, 3.8) is 0 Å². The summed E-state index contributed by atoms with van der Waals surface area (Å²) in [4.78, 5) is 14.0. The van der Waals surface area contributed by atoms with Gasteiger partial charge in [0, 0.05) is 13.0 Å². The van der Waals surface area contributed by atoms with Crippen molar-refractivity contribution in [1.82, 2.24) is 4.90 Å². The van der Waals surface area contributed by atoms with E-state index in [2.05, 4.69) is 17.3 Å². The fourth-order valence-corrected chi connectivity index (χ4v) is 2.59. The number of rotatable bonds is 4. The van der Waals surface area contributed by atoms with Gasteiger partial charge in [0.2, 0.25) is 5.91 Å². The lowest BCUT2D eigenvalue weighted by atomic mass is 10.1. The van der Waals surface area contributed by atoms with Gasteiger partial charge >= 0.3 is 0 Å². The maximum absolute atomic E-state index is 12.3. The first-order valence-corrected chi connectivity index (χ1v) is 6.94. The number of benzene rings is 1. The van der Waals surface area contributed by atoms with Crippen LogP contribution in [0.5, 0.6) is 0 Å². The van der Waals surface area contributed by atoms with Crippen LogP contribution in [0.15, 0.2) is 29.4 Å². The van der Waals surface area contributed by atoms with Gasteiger partial charge in [0.25, 0.3) is 0 Å². The first-order valence-electron chi connectivity index (χ1n) is 6.94. The molecule has 5 nitrogen and oxygen atoms in total. The maximum atomic E-state index is 12.3. The van der Waals surface area contributed by atoms with E-state index in [1.165, 1.54) is 5.56 Å². The third-order valence-corrected chi connectivity index (χ3v) is 3.78. The topological polar surface area (TPSA) is 78.9 Å². The van der Waals surface area contributed by atoms with Gasteiger partial charge < -0.3 is 15.8 Å². The molecule has 20 heavy (non-hydrogen) atoms. The molecule has 0 bridgehead atoms. The van der Waals surface area contributed by atoms with Gasteiger partial charge in [0.05, 0.1) is 6.04 Å². The van der Waals surface area contributed by atoms with E-state index in [1.807, 2.05) is 19.1 Å². The number of hydrogen-bond acceptors (Lipinski definition) is 3. The number of amidine groups is 1. The monoisotopic (exact) mass is 275 g/mol. The minimum atomic E-state index is -0.245. The van der Waals surface area contributed by atoms with Crippen molar-refractivity contribution in [3.05, 3.63) is 35.4 Å². The molecule has 1 atom stereocenters. The number of amides is 1. The Morgan fingerprint density at radius 3 is 2.80 bits per heavy atom. The van der Waals surface area contributed by atoms with Gasteiger partial charge in [-0.15, -0.1) is 0 Å². The summed E-state index contributed by atoms with van der Waals surface area (Å²) >= 11 is 0. The maximum Gasteiger partial charge on any atom is 0.223 e. The summed E-state index contributed by atoms with van der Waals surface area (Å²) in [6.07, 6.45) is 2.85. The highest BCUT2D eigenvalue weighted by Gasteiger charge is 2.31. The zero-order chi connectivity index (χ0) is 14.5. The summed E-state index contributed by atoms with van der Waals surface area (Å²) in [5, 5.41) is 11.8. The molecule has 108 valence electrons. The molecule has 1 aliphatic rings. The predicted molar refractivity (Wildman–Crippen MR) is 77.6 cm³/mol. The van der Waals surface area contributed by atoms with E-state index in [4.69, 9.17) is 10.9 Å². The zero-order valence-corrected chi connectivity index (χ0v) is 11.7. The Bertz CT molecular complexity index is 496. The van der Waals surface area contributed by atoms with Crippen LogP contribution < -0.4 is 5.73 Å². The smallest absolute Gasteiger partial charge is 0.223 e. The van der Waals surface area contributed by atoms with E-state index in [1.54, 1.807) is 4.90 Å². The summed E-state index contributed by atoms with van der Waals surface area (Å²) in [5.41, 5.74) is 8.01. The number of nitrogens with two attached hydrogens (primary N) is 1. The molecule has 1 heterocycles. The second-order valence-corrected chi connectivity index (χ2v) is 5.26. The lowest BCUT2D eigenvalue weighted by Gasteiger charge is -2.23. The van der Waals surface area contributed by atoms with Crippen LogP contribution in [0.1, 0.15) is 30.4 Å². The minimum Gasteiger partial charge on any atom is -0.409 e. The van der Waals surface area contributed by atoms with Gasteiger partial charge in [-0.05, 0) is 31.7 Å². The first-order chi connectivity index (χ1) is 9.61. The molecular formula is C15H21N3O2. The summed E-state index contributed by atoms with van der Waals surface area (Å²) in [7, 11) is 0. The third-order valence-electron chi connectivity index (χ3n) is 3.78. The Labute approximate surface area is 119 Å². The highest BCUT2D eigenvalue weighted by Crippen LogP contribution is 2.19. The molecule has 2 rings (SSSR count). The molecule has 0 aliphatic carbocycles. The highest BCUT2D eigenvalue weighted by molar-refractivity contribution is 5.90. The molecule has 1 aromatic rings. The van der Waals surface area contributed by atoms with E-state index < -0.39 is 0 Å². The molecular weight excluding hydrogens is 254 g/mol. The van der Waals surface area contributed by atoms with Crippen molar-refractivity contribution < 1.29 is 10.0 Å². The van der Waals surface area contributed by atoms with E-state index in [-0.39, 0.29) is 17.8 Å². The molecule has 1 unspecified atom stereocenters. The van der Waals surface area contributed by atoms with E-state index in [0.29, 0.717) is 13.0 Å². The summed E-state index contributed by atoms with van der Waals surface area (Å²) in [6.45, 7) is 2.73. The predicted octanol–water partition coefficient (Wildman–Crippen LogP) is 1.67. The summed E-state index contributed by atoms with van der Waals surface area (Å²) in [6, 6.07) is 7.95. The molecule has 5 heteroatoms. The molecule has 0 saturated carbocycles. The molecule has 0 aromatic heterocycles. The number of aryl methyl sites for hydroxylation is 2.